The second-order valence-corrected chi connectivity index (χ2v) is 4.84. The average molecular weight is 288 g/mol. The molecular weight excluding hydrogens is 272 g/mol. The average Bonchev–Trinajstić information content (AvgIpc) is 3.29. The molecule has 0 unspecified atom stereocenters. The molecule has 0 aromatic heterocycles. The monoisotopic (exact) mass is 288 g/mol. The maximum absolute atomic E-state index is 11.6. The van der Waals surface area contributed by atoms with Gasteiger partial charge in [-0.15, -0.1) is 0 Å². The van der Waals surface area contributed by atoms with Crippen molar-refractivity contribution in [3.8, 4) is 0 Å². The fourth-order valence-corrected chi connectivity index (χ4v) is 1.64. The molecule has 0 spiro atoms. The highest BCUT2D eigenvalue weighted by Crippen LogP contribution is 2.30. The second kappa shape index (κ2) is 6.17. The summed E-state index contributed by atoms with van der Waals surface area (Å²) in [6, 6.07) is 7.03. The van der Waals surface area contributed by atoms with E-state index in [0.29, 0.717) is 11.4 Å². The minimum atomic E-state index is -1.09. The fourth-order valence-electron chi connectivity index (χ4n) is 1.64. The Morgan fingerprint density at radius 3 is 2.33 bits per heavy atom. The summed E-state index contributed by atoms with van der Waals surface area (Å²) in [5, 5.41) is 6.60. The zero-order valence-electron chi connectivity index (χ0n) is 11.6. The molecule has 3 amide bonds. The minimum absolute atomic E-state index is 0.0434. The van der Waals surface area contributed by atoms with E-state index in [1.807, 2.05) is 0 Å². The lowest BCUT2D eigenvalue weighted by atomic mass is 10.1. The molecular formula is C14H16N4O3. The highest BCUT2D eigenvalue weighted by Gasteiger charge is 2.29. The van der Waals surface area contributed by atoms with Gasteiger partial charge < -0.3 is 11.1 Å². The van der Waals surface area contributed by atoms with Crippen LogP contribution in [-0.2, 0) is 14.4 Å². The maximum atomic E-state index is 11.6. The summed E-state index contributed by atoms with van der Waals surface area (Å²) in [5.41, 5.74) is 8.84. The topological polar surface area (TPSA) is 114 Å². The second-order valence-electron chi connectivity index (χ2n) is 4.84. The number of hydrazone groups is 1. The van der Waals surface area contributed by atoms with Crippen molar-refractivity contribution in [2.45, 2.75) is 19.8 Å². The molecule has 0 bridgehead atoms. The van der Waals surface area contributed by atoms with Crippen LogP contribution in [0.4, 0.5) is 5.69 Å². The highest BCUT2D eigenvalue weighted by molar-refractivity contribution is 6.34. The van der Waals surface area contributed by atoms with Gasteiger partial charge in [-0.05, 0) is 37.5 Å². The first-order valence-corrected chi connectivity index (χ1v) is 6.52. The Labute approximate surface area is 121 Å². The van der Waals surface area contributed by atoms with E-state index in [1.54, 1.807) is 31.2 Å². The molecule has 0 saturated heterocycles. The minimum Gasteiger partial charge on any atom is -0.361 e. The van der Waals surface area contributed by atoms with Gasteiger partial charge in [0, 0.05) is 11.6 Å². The van der Waals surface area contributed by atoms with Crippen LogP contribution in [-0.4, -0.2) is 23.4 Å². The molecule has 7 nitrogen and oxygen atoms in total. The number of primary amides is 1. The number of nitrogens with zero attached hydrogens (tertiary/aromatic N) is 1. The SMILES string of the molecule is C/C(=N\NC(=O)C(N)=O)c1ccc(NC(=O)C2CC2)cc1. The van der Waals surface area contributed by atoms with Gasteiger partial charge in [-0.1, -0.05) is 12.1 Å². The van der Waals surface area contributed by atoms with Gasteiger partial charge >= 0.3 is 11.8 Å². The van der Waals surface area contributed by atoms with Crippen molar-refractivity contribution >= 4 is 29.1 Å². The Morgan fingerprint density at radius 2 is 1.81 bits per heavy atom. The van der Waals surface area contributed by atoms with Crippen LogP contribution >= 0.6 is 0 Å². The van der Waals surface area contributed by atoms with E-state index in [9.17, 15) is 14.4 Å². The number of nitrogens with two attached hydrogens (primary N) is 1. The fraction of sp³-hybridized carbons (Fsp3) is 0.286. The molecule has 1 aromatic carbocycles. The van der Waals surface area contributed by atoms with Crippen molar-refractivity contribution in [3.63, 3.8) is 0 Å². The third-order valence-electron chi connectivity index (χ3n) is 3.07. The molecule has 110 valence electrons. The molecule has 0 heterocycles. The number of anilines is 1. The van der Waals surface area contributed by atoms with Crippen molar-refractivity contribution in [1.82, 2.24) is 5.43 Å². The molecule has 21 heavy (non-hydrogen) atoms. The van der Waals surface area contributed by atoms with Gasteiger partial charge in [0.15, 0.2) is 0 Å². The first-order valence-electron chi connectivity index (χ1n) is 6.52. The predicted octanol–water partition coefficient (Wildman–Crippen LogP) is 0.361. The van der Waals surface area contributed by atoms with Crippen LogP contribution in [0.2, 0.25) is 0 Å². The van der Waals surface area contributed by atoms with Crippen molar-refractivity contribution in [2.24, 2.45) is 16.8 Å². The van der Waals surface area contributed by atoms with E-state index in [-0.39, 0.29) is 11.8 Å². The zero-order valence-corrected chi connectivity index (χ0v) is 11.6. The predicted molar refractivity (Wildman–Crippen MR) is 77.3 cm³/mol. The van der Waals surface area contributed by atoms with E-state index in [0.717, 1.165) is 18.4 Å². The number of carbonyl (C=O) groups excluding carboxylic acids is 3. The highest BCUT2D eigenvalue weighted by atomic mass is 16.2. The third-order valence-corrected chi connectivity index (χ3v) is 3.07. The molecule has 0 atom stereocenters. The Morgan fingerprint density at radius 1 is 1.19 bits per heavy atom. The van der Waals surface area contributed by atoms with Gasteiger partial charge in [0.05, 0.1) is 5.71 Å². The van der Waals surface area contributed by atoms with Crippen LogP contribution in [0.25, 0.3) is 0 Å². The van der Waals surface area contributed by atoms with Gasteiger partial charge in [0.1, 0.15) is 0 Å². The number of hydrogen-bond donors (Lipinski definition) is 3. The van der Waals surface area contributed by atoms with Crippen molar-refractivity contribution in [1.29, 1.82) is 0 Å². The van der Waals surface area contributed by atoms with Crippen LogP contribution in [0.1, 0.15) is 25.3 Å². The Bertz CT molecular complexity index is 603. The first-order chi connectivity index (χ1) is 9.97. The van der Waals surface area contributed by atoms with Gasteiger partial charge in [-0.25, -0.2) is 5.43 Å². The standard InChI is InChI=1S/C14H16N4O3/c1-8(17-18-14(21)12(15)19)9-4-6-11(7-5-9)16-13(20)10-2-3-10/h4-7,10H,2-3H2,1H3,(H2,15,19)(H,16,20)(H,18,21)/b17-8+. The number of nitrogens with one attached hydrogen (secondary N) is 2. The third kappa shape index (κ3) is 4.13. The van der Waals surface area contributed by atoms with Gasteiger partial charge in [-0.2, -0.15) is 5.10 Å². The van der Waals surface area contributed by atoms with Gasteiger partial charge in [-0.3, -0.25) is 14.4 Å². The van der Waals surface area contributed by atoms with Crippen molar-refractivity contribution in [3.05, 3.63) is 29.8 Å². The Balaban J connectivity index is 1.97. The molecule has 1 fully saturated rings. The lowest BCUT2D eigenvalue weighted by molar-refractivity contribution is -0.137. The summed E-state index contributed by atoms with van der Waals surface area (Å²) < 4.78 is 0. The summed E-state index contributed by atoms with van der Waals surface area (Å²) in [6.07, 6.45) is 1.91. The Hall–Kier alpha value is -2.70. The van der Waals surface area contributed by atoms with Crippen molar-refractivity contribution in [2.75, 3.05) is 5.32 Å². The van der Waals surface area contributed by atoms with E-state index >= 15 is 0 Å². The molecule has 0 aliphatic heterocycles. The number of rotatable bonds is 4. The Kier molecular flexibility index (Phi) is 4.32. The quantitative estimate of drug-likeness (QED) is 0.422. The molecule has 0 radical (unpaired) electrons. The molecule has 1 aliphatic carbocycles. The van der Waals surface area contributed by atoms with Gasteiger partial charge in [0.25, 0.3) is 0 Å². The normalized spacial score (nSPS) is 14.4. The van der Waals surface area contributed by atoms with E-state index in [1.165, 1.54) is 0 Å². The maximum Gasteiger partial charge on any atom is 0.329 e. The van der Waals surface area contributed by atoms with E-state index in [4.69, 9.17) is 5.73 Å². The number of carbonyl (C=O) groups is 3. The van der Waals surface area contributed by atoms with Crippen LogP contribution in [0.5, 0.6) is 0 Å². The zero-order chi connectivity index (χ0) is 15.4. The lowest BCUT2D eigenvalue weighted by Crippen LogP contribution is -2.33. The van der Waals surface area contributed by atoms with E-state index in [2.05, 4.69) is 15.8 Å². The summed E-state index contributed by atoms with van der Waals surface area (Å²) in [5.74, 6) is -1.87. The molecule has 2 rings (SSSR count). The van der Waals surface area contributed by atoms with E-state index < -0.39 is 11.8 Å². The molecule has 4 N–H and O–H groups in total. The summed E-state index contributed by atoms with van der Waals surface area (Å²) >= 11 is 0. The molecule has 1 aliphatic rings. The van der Waals surface area contributed by atoms with Crippen LogP contribution in [0, 0.1) is 5.92 Å². The largest absolute Gasteiger partial charge is 0.361 e. The first kappa shape index (κ1) is 14.7. The van der Waals surface area contributed by atoms with Crippen molar-refractivity contribution < 1.29 is 14.4 Å². The number of amides is 3. The summed E-state index contributed by atoms with van der Waals surface area (Å²) in [7, 11) is 0. The van der Waals surface area contributed by atoms with Crippen LogP contribution in [0.3, 0.4) is 0 Å². The van der Waals surface area contributed by atoms with Crippen LogP contribution in [0.15, 0.2) is 29.4 Å². The molecule has 1 saturated carbocycles. The van der Waals surface area contributed by atoms with Crippen LogP contribution < -0.4 is 16.5 Å². The molecule has 1 aromatic rings. The number of hydrogen-bond acceptors (Lipinski definition) is 4. The summed E-state index contributed by atoms with van der Waals surface area (Å²) in [4.78, 5) is 33.1. The lowest BCUT2D eigenvalue weighted by Gasteiger charge is -2.06. The summed E-state index contributed by atoms with van der Waals surface area (Å²) in [6.45, 7) is 1.68. The van der Waals surface area contributed by atoms with Gasteiger partial charge in [0.2, 0.25) is 5.91 Å². The smallest absolute Gasteiger partial charge is 0.329 e. The molecule has 7 heteroatoms. The number of benzene rings is 1.